The van der Waals surface area contributed by atoms with Gasteiger partial charge in [0.1, 0.15) is 5.75 Å². The van der Waals surface area contributed by atoms with E-state index >= 15 is 0 Å². The van der Waals surface area contributed by atoms with Gasteiger partial charge >= 0.3 is 0 Å². The number of ether oxygens (including phenoxy) is 1. The van der Waals surface area contributed by atoms with Crippen LogP contribution < -0.4 is 10.5 Å². The fourth-order valence-electron chi connectivity index (χ4n) is 2.70. The van der Waals surface area contributed by atoms with Crippen molar-refractivity contribution in [2.45, 2.75) is 25.8 Å². The minimum absolute atomic E-state index is 0.171. The van der Waals surface area contributed by atoms with Crippen molar-refractivity contribution in [2.24, 2.45) is 11.7 Å². The molecule has 0 spiro atoms. The second-order valence-electron chi connectivity index (χ2n) is 5.18. The molecule has 0 saturated carbocycles. The van der Waals surface area contributed by atoms with E-state index in [1.807, 2.05) is 29.2 Å². The summed E-state index contributed by atoms with van der Waals surface area (Å²) in [6.45, 7) is 3.55. The first-order chi connectivity index (χ1) is 9.15. The lowest BCUT2D eigenvalue weighted by atomic mass is 10.0. The van der Waals surface area contributed by atoms with E-state index in [2.05, 4.69) is 6.92 Å². The second kappa shape index (κ2) is 6.06. The molecule has 1 saturated heterocycles. The molecule has 2 unspecified atom stereocenters. The minimum atomic E-state index is 0.171. The number of rotatable bonds is 4. The molecule has 0 aromatic heterocycles. The maximum atomic E-state index is 12.3. The minimum Gasteiger partial charge on any atom is -0.497 e. The van der Waals surface area contributed by atoms with Crippen LogP contribution in [0.15, 0.2) is 24.3 Å². The SMILES string of the molecule is COc1ccc(CC(=O)N2CCC(C)C2CN)cc1. The highest BCUT2D eigenvalue weighted by molar-refractivity contribution is 5.79. The molecule has 1 aliphatic rings. The molecule has 0 radical (unpaired) electrons. The lowest BCUT2D eigenvalue weighted by molar-refractivity contribution is -0.131. The summed E-state index contributed by atoms with van der Waals surface area (Å²) in [4.78, 5) is 14.3. The Labute approximate surface area is 114 Å². The molecule has 4 heteroatoms. The Kier molecular flexibility index (Phi) is 4.43. The van der Waals surface area contributed by atoms with Crippen LogP contribution in [0.4, 0.5) is 0 Å². The Bertz CT molecular complexity index is 430. The number of methoxy groups -OCH3 is 1. The van der Waals surface area contributed by atoms with Crippen molar-refractivity contribution < 1.29 is 9.53 Å². The van der Waals surface area contributed by atoms with Crippen LogP contribution in [0.5, 0.6) is 5.75 Å². The fourth-order valence-corrected chi connectivity index (χ4v) is 2.70. The zero-order valence-corrected chi connectivity index (χ0v) is 11.6. The third-order valence-corrected chi connectivity index (χ3v) is 3.96. The quantitative estimate of drug-likeness (QED) is 0.893. The number of amides is 1. The summed E-state index contributed by atoms with van der Waals surface area (Å²) < 4.78 is 5.11. The van der Waals surface area contributed by atoms with Crippen LogP contribution in [-0.4, -0.2) is 37.0 Å². The lowest BCUT2D eigenvalue weighted by Gasteiger charge is -2.25. The summed E-state index contributed by atoms with van der Waals surface area (Å²) in [6.07, 6.45) is 1.49. The van der Waals surface area contributed by atoms with Crippen molar-refractivity contribution in [1.82, 2.24) is 4.90 Å². The predicted molar refractivity (Wildman–Crippen MR) is 75.0 cm³/mol. The van der Waals surface area contributed by atoms with Crippen LogP contribution in [0.2, 0.25) is 0 Å². The summed E-state index contributed by atoms with van der Waals surface area (Å²) in [5, 5.41) is 0. The van der Waals surface area contributed by atoms with Crippen LogP contribution in [0, 0.1) is 5.92 Å². The zero-order valence-electron chi connectivity index (χ0n) is 11.6. The number of hydrogen-bond donors (Lipinski definition) is 1. The normalized spacial score (nSPS) is 22.6. The van der Waals surface area contributed by atoms with Crippen LogP contribution in [-0.2, 0) is 11.2 Å². The van der Waals surface area contributed by atoms with Gasteiger partial charge in [0.15, 0.2) is 0 Å². The first-order valence-electron chi connectivity index (χ1n) is 6.78. The Morgan fingerprint density at radius 1 is 1.42 bits per heavy atom. The fraction of sp³-hybridized carbons (Fsp3) is 0.533. The number of nitrogens with zero attached hydrogens (tertiary/aromatic N) is 1. The summed E-state index contributed by atoms with van der Waals surface area (Å²) in [5.41, 5.74) is 6.79. The zero-order chi connectivity index (χ0) is 13.8. The number of carbonyl (C=O) groups excluding carboxylic acids is 1. The largest absolute Gasteiger partial charge is 0.497 e. The van der Waals surface area contributed by atoms with Gasteiger partial charge in [-0.25, -0.2) is 0 Å². The highest BCUT2D eigenvalue weighted by atomic mass is 16.5. The van der Waals surface area contributed by atoms with Gasteiger partial charge < -0.3 is 15.4 Å². The van der Waals surface area contributed by atoms with Gasteiger partial charge in [0.05, 0.1) is 13.5 Å². The molecule has 2 rings (SSSR count). The van der Waals surface area contributed by atoms with E-state index in [0.717, 1.165) is 24.3 Å². The third kappa shape index (κ3) is 3.07. The van der Waals surface area contributed by atoms with E-state index in [-0.39, 0.29) is 11.9 Å². The highest BCUT2D eigenvalue weighted by Crippen LogP contribution is 2.24. The Hall–Kier alpha value is -1.55. The van der Waals surface area contributed by atoms with E-state index in [1.54, 1.807) is 7.11 Å². The molecule has 4 nitrogen and oxygen atoms in total. The van der Waals surface area contributed by atoms with E-state index in [4.69, 9.17) is 10.5 Å². The molecule has 0 aliphatic carbocycles. The number of likely N-dealkylation sites (tertiary alicyclic amines) is 1. The molecule has 1 aromatic rings. The maximum Gasteiger partial charge on any atom is 0.227 e. The van der Waals surface area contributed by atoms with Crippen LogP contribution in [0.3, 0.4) is 0 Å². The molecule has 1 aliphatic heterocycles. The van der Waals surface area contributed by atoms with Gasteiger partial charge in [-0.3, -0.25) is 4.79 Å². The van der Waals surface area contributed by atoms with Crippen molar-refractivity contribution in [2.75, 3.05) is 20.2 Å². The van der Waals surface area contributed by atoms with Gasteiger partial charge in [-0.15, -0.1) is 0 Å². The second-order valence-corrected chi connectivity index (χ2v) is 5.18. The molecule has 1 aromatic carbocycles. The highest BCUT2D eigenvalue weighted by Gasteiger charge is 2.32. The Balaban J connectivity index is 2.00. The summed E-state index contributed by atoms with van der Waals surface area (Å²) in [7, 11) is 1.64. The predicted octanol–water partition coefficient (Wildman–Crippen LogP) is 1.43. The van der Waals surface area contributed by atoms with Gasteiger partial charge in [0.2, 0.25) is 5.91 Å². The van der Waals surface area contributed by atoms with Gasteiger partial charge in [-0.1, -0.05) is 19.1 Å². The molecule has 1 heterocycles. The van der Waals surface area contributed by atoms with Crippen LogP contribution >= 0.6 is 0 Å². The van der Waals surface area contributed by atoms with Crippen molar-refractivity contribution in [1.29, 1.82) is 0 Å². The molecule has 0 bridgehead atoms. The van der Waals surface area contributed by atoms with E-state index in [0.29, 0.717) is 18.9 Å². The number of nitrogens with two attached hydrogens (primary N) is 1. The lowest BCUT2D eigenvalue weighted by Crippen LogP contribution is -2.42. The average molecular weight is 262 g/mol. The van der Waals surface area contributed by atoms with Crippen LogP contribution in [0.1, 0.15) is 18.9 Å². The smallest absolute Gasteiger partial charge is 0.227 e. The molecule has 19 heavy (non-hydrogen) atoms. The molecular weight excluding hydrogens is 240 g/mol. The van der Waals surface area contributed by atoms with Crippen molar-refractivity contribution in [3.8, 4) is 5.75 Å². The number of hydrogen-bond acceptors (Lipinski definition) is 3. The first kappa shape index (κ1) is 13.9. The Morgan fingerprint density at radius 3 is 2.68 bits per heavy atom. The van der Waals surface area contributed by atoms with Gasteiger partial charge in [0.25, 0.3) is 0 Å². The van der Waals surface area contributed by atoms with Gasteiger partial charge in [-0.05, 0) is 30.0 Å². The summed E-state index contributed by atoms with van der Waals surface area (Å²) in [5.74, 6) is 1.49. The number of carbonyl (C=O) groups is 1. The van der Waals surface area contributed by atoms with Crippen molar-refractivity contribution in [3.63, 3.8) is 0 Å². The molecule has 1 fully saturated rings. The average Bonchev–Trinajstić information content (AvgIpc) is 2.80. The maximum absolute atomic E-state index is 12.3. The Morgan fingerprint density at radius 2 is 2.11 bits per heavy atom. The molecule has 104 valence electrons. The van der Waals surface area contributed by atoms with E-state index in [1.165, 1.54) is 0 Å². The molecule has 1 amide bonds. The molecular formula is C15H22N2O2. The first-order valence-corrected chi connectivity index (χ1v) is 6.78. The standard InChI is InChI=1S/C15H22N2O2/c1-11-7-8-17(14(11)10-16)15(18)9-12-3-5-13(19-2)6-4-12/h3-6,11,14H,7-10,16H2,1-2H3. The molecule has 2 N–H and O–H groups in total. The van der Waals surface area contributed by atoms with Crippen molar-refractivity contribution >= 4 is 5.91 Å². The summed E-state index contributed by atoms with van der Waals surface area (Å²) >= 11 is 0. The van der Waals surface area contributed by atoms with E-state index < -0.39 is 0 Å². The van der Waals surface area contributed by atoms with E-state index in [9.17, 15) is 4.79 Å². The van der Waals surface area contributed by atoms with Gasteiger partial charge in [0, 0.05) is 19.1 Å². The third-order valence-electron chi connectivity index (χ3n) is 3.96. The number of benzene rings is 1. The monoisotopic (exact) mass is 262 g/mol. The van der Waals surface area contributed by atoms with Crippen LogP contribution in [0.25, 0.3) is 0 Å². The van der Waals surface area contributed by atoms with Crippen molar-refractivity contribution in [3.05, 3.63) is 29.8 Å². The molecule has 2 atom stereocenters. The van der Waals surface area contributed by atoms with Gasteiger partial charge in [-0.2, -0.15) is 0 Å². The summed E-state index contributed by atoms with van der Waals surface area (Å²) in [6, 6.07) is 7.85. The topological polar surface area (TPSA) is 55.6 Å².